The lowest BCUT2D eigenvalue weighted by atomic mass is 10.0. The third-order valence-corrected chi connectivity index (χ3v) is 4.74. The SMILES string of the molecule is CCN(CC(=O)O)C1CCN(CC(=O)Nc2cccc(C(C)=O)c2)CC1.Cl. The average Bonchev–Trinajstić information content (AvgIpc) is 2.60. The number of hydrogen-bond acceptors (Lipinski definition) is 5. The van der Waals surface area contributed by atoms with Gasteiger partial charge in [0.2, 0.25) is 5.91 Å². The maximum absolute atomic E-state index is 12.3. The number of carbonyl (C=O) groups is 3. The first-order chi connectivity index (χ1) is 12.4. The molecule has 150 valence electrons. The van der Waals surface area contributed by atoms with Crippen LogP contribution in [0.5, 0.6) is 0 Å². The topological polar surface area (TPSA) is 90.0 Å². The van der Waals surface area contributed by atoms with Crippen LogP contribution in [0.25, 0.3) is 0 Å². The molecule has 0 saturated carbocycles. The standard InChI is InChI=1S/C19H27N3O4.ClH/c1-3-22(13-19(25)26)17-7-9-21(10-8-17)12-18(24)20-16-6-4-5-15(11-16)14(2)23;/h4-6,11,17H,3,7-10,12-13H2,1-2H3,(H,20,24)(H,25,26);1H. The van der Waals surface area contributed by atoms with Gasteiger partial charge in [-0.3, -0.25) is 24.2 Å². The first-order valence-electron chi connectivity index (χ1n) is 8.98. The summed E-state index contributed by atoms with van der Waals surface area (Å²) < 4.78 is 0. The molecular formula is C19H28ClN3O4. The molecule has 27 heavy (non-hydrogen) atoms. The second-order valence-corrected chi connectivity index (χ2v) is 6.65. The van der Waals surface area contributed by atoms with Gasteiger partial charge in [-0.15, -0.1) is 12.4 Å². The van der Waals surface area contributed by atoms with Crippen LogP contribution in [0, 0.1) is 0 Å². The van der Waals surface area contributed by atoms with Gasteiger partial charge in [0, 0.05) is 30.4 Å². The maximum atomic E-state index is 12.3. The Hall–Kier alpha value is -1.96. The molecule has 0 radical (unpaired) electrons. The first kappa shape index (κ1) is 23.1. The molecule has 0 spiro atoms. The quantitative estimate of drug-likeness (QED) is 0.653. The fourth-order valence-corrected chi connectivity index (χ4v) is 3.33. The Morgan fingerprint density at radius 1 is 1.26 bits per heavy atom. The number of piperidine rings is 1. The van der Waals surface area contributed by atoms with E-state index in [-0.39, 0.29) is 36.7 Å². The zero-order valence-corrected chi connectivity index (χ0v) is 16.6. The van der Waals surface area contributed by atoms with Crippen LogP contribution in [0.4, 0.5) is 5.69 Å². The Bertz CT molecular complexity index is 660. The van der Waals surface area contributed by atoms with Crippen molar-refractivity contribution in [1.29, 1.82) is 0 Å². The van der Waals surface area contributed by atoms with E-state index in [9.17, 15) is 14.4 Å². The molecule has 0 aromatic heterocycles. The van der Waals surface area contributed by atoms with Crippen LogP contribution in [0.3, 0.4) is 0 Å². The van der Waals surface area contributed by atoms with Gasteiger partial charge in [-0.2, -0.15) is 0 Å². The van der Waals surface area contributed by atoms with E-state index in [0.29, 0.717) is 24.3 Å². The van der Waals surface area contributed by atoms with E-state index < -0.39 is 5.97 Å². The molecule has 1 aromatic rings. The second kappa shape index (κ2) is 11.0. The number of hydrogen-bond donors (Lipinski definition) is 2. The van der Waals surface area contributed by atoms with Gasteiger partial charge in [0.15, 0.2) is 5.78 Å². The number of amides is 1. The molecule has 1 amide bonds. The first-order valence-corrected chi connectivity index (χ1v) is 8.98. The molecule has 1 fully saturated rings. The van der Waals surface area contributed by atoms with Crippen molar-refractivity contribution in [3.8, 4) is 0 Å². The molecule has 2 rings (SSSR count). The number of anilines is 1. The number of nitrogens with one attached hydrogen (secondary N) is 1. The molecule has 0 bridgehead atoms. The monoisotopic (exact) mass is 397 g/mol. The molecule has 1 aliphatic rings. The molecule has 0 unspecified atom stereocenters. The summed E-state index contributed by atoms with van der Waals surface area (Å²) in [5, 5.41) is 11.8. The molecule has 1 aliphatic heterocycles. The highest BCUT2D eigenvalue weighted by Crippen LogP contribution is 2.17. The highest BCUT2D eigenvalue weighted by molar-refractivity contribution is 5.97. The normalized spacial score (nSPS) is 15.2. The minimum atomic E-state index is -0.804. The van der Waals surface area contributed by atoms with Crippen molar-refractivity contribution in [2.45, 2.75) is 32.7 Å². The third-order valence-electron chi connectivity index (χ3n) is 4.74. The Morgan fingerprint density at radius 3 is 2.48 bits per heavy atom. The summed E-state index contributed by atoms with van der Waals surface area (Å²) in [6.45, 7) is 6.07. The summed E-state index contributed by atoms with van der Waals surface area (Å²) in [5.41, 5.74) is 1.19. The molecule has 7 nitrogen and oxygen atoms in total. The van der Waals surface area contributed by atoms with Gasteiger partial charge < -0.3 is 10.4 Å². The summed E-state index contributed by atoms with van der Waals surface area (Å²) in [5.74, 6) is -0.950. The Labute approximate surface area is 166 Å². The van der Waals surface area contributed by atoms with E-state index in [4.69, 9.17) is 5.11 Å². The number of halogens is 1. The Balaban J connectivity index is 0.00000364. The number of benzene rings is 1. The van der Waals surface area contributed by atoms with Gasteiger partial charge in [-0.1, -0.05) is 19.1 Å². The van der Waals surface area contributed by atoms with E-state index in [2.05, 4.69) is 10.2 Å². The highest BCUT2D eigenvalue weighted by Gasteiger charge is 2.25. The number of carbonyl (C=O) groups excluding carboxylic acids is 2. The number of carboxylic acid groups (broad SMARTS) is 1. The fraction of sp³-hybridized carbons (Fsp3) is 0.526. The minimum Gasteiger partial charge on any atom is -0.480 e. The molecule has 2 N–H and O–H groups in total. The molecule has 0 atom stereocenters. The lowest BCUT2D eigenvalue weighted by molar-refractivity contribution is -0.139. The molecule has 0 aliphatic carbocycles. The van der Waals surface area contributed by atoms with E-state index >= 15 is 0 Å². The zero-order valence-electron chi connectivity index (χ0n) is 15.8. The van der Waals surface area contributed by atoms with Crippen LogP contribution in [-0.2, 0) is 9.59 Å². The van der Waals surface area contributed by atoms with Gasteiger partial charge in [-0.05, 0) is 38.4 Å². The predicted octanol–water partition coefficient (Wildman–Crippen LogP) is 2.12. The van der Waals surface area contributed by atoms with E-state index in [1.807, 2.05) is 11.8 Å². The molecule has 8 heteroatoms. The number of likely N-dealkylation sites (N-methyl/N-ethyl adjacent to an activating group) is 1. The largest absolute Gasteiger partial charge is 0.480 e. The third kappa shape index (κ3) is 7.28. The van der Waals surface area contributed by atoms with Crippen molar-refractivity contribution in [1.82, 2.24) is 9.80 Å². The lowest BCUT2D eigenvalue weighted by Gasteiger charge is -2.37. The van der Waals surface area contributed by atoms with Crippen LogP contribution in [-0.4, -0.2) is 71.3 Å². The van der Waals surface area contributed by atoms with E-state index in [1.54, 1.807) is 24.3 Å². The number of aliphatic carboxylic acids is 1. The summed E-state index contributed by atoms with van der Waals surface area (Å²) in [6.07, 6.45) is 1.71. The van der Waals surface area contributed by atoms with Crippen LogP contribution in [0.2, 0.25) is 0 Å². The number of likely N-dealkylation sites (tertiary alicyclic amines) is 1. The van der Waals surface area contributed by atoms with Crippen LogP contribution in [0.1, 0.15) is 37.0 Å². The second-order valence-electron chi connectivity index (χ2n) is 6.65. The summed E-state index contributed by atoms with van der Waals surface area (Å²) in [6, 6.07) is 7.17. The van der Waals surface area contributed by atoms with Crippen LogP contribution in [0.15, 0.2) is 24.3 Å². The fourth-order valence-electron chi connectivity index (χ4n) is 3.33. The van der Waals surface area contributed by atoms with Crippen LogP contribution < -0.4 is 5.32 Å². The molecule has 1 aromatic carbocycles. The summed E-state index contributed by atoms with van der Waals surface area (Å²) >= 11 is 0. The number of nitrogens with zero attached hydrogens (tertiary/aromatic N) is 2. The van der Waals surface area contributed by atoms with Gasteiger partial charge in [0.1, 0.15) is 0 Å². The van der Waals surface area contributed by atoms with Gasteiger partial charge >= 0.3 is 5.97 Å². The zero-order chi connectivity index (χ0) is 19.1. The molecular weight excluding hydrogens is 370 g/mol. The smallest absolute Gasteiger partial charge is 0.317 e. The predicted molar refractivity (Wildman–Crippen MR) is 107 cm³/mol. The Morgan fingerprint density at radius 2 is 1.93 bits per heavy atom. The number of ketones is 1. The lowest BCUT2D eigenvalue weighted by Crippen LogP contribution is -2.48. The number of rotatable bonds is 8. The number of Topliss-reactive ketones (excluding diaryl/α,β-unsaturated/α-hetero) is 1. The molecule has 1 heterocycles. The van der Waals surface area contributed by atoms with Crippen LogP contribution >= 0.6 is 12.4 Å². The average molecular weight is 398 g/mol. The summed E-state index contributed by atoms with van der Waals surface area (Å²) in [4.78, 5) is 38.7. The highest BCUT2D eigenvalue weighted by atomic mass is 35.5. The summed E-state index contributed by atoms with van der Waals surface area (Å²) in [7, 11) is 0. The van der Waals surface area contributed by atoms with Crippen molar-refractivity contribution >= 4 is 35.8 Å². The maximum Gasteiger partial charge on any atom is 0.317 e. The molecule has 1 saturated heterocycles. The van der Waals surface area contributed by atoms with Crippen molar-refractivity contribution in [3.63, 3.8) is 0 Å². The minimum absolute atomic E-state index is 0. The van der Waals surface area contributed by atoms with Gasteiger partial charge in [0.05, 0.1) is 13.1 Å². The van der Waals surface area contributed by atoms with E-state index in [0.717, 1.165) is 25.9 Å². The van der Waals surface area contributed by atoms with E-state index in [1.165, 1.54) is 6.92 Å². The van der Waals surface area contributed by atoms with Gasteiger partial charge in [-0.25, -0.2) is 0 Å². The van der Waals surface area contributed by atoms with Crippen molar-refractivity contribution in [3.05, 3.63) is 29.8 Å². The number of carboxylic acids is 1. The van der Waals surface area contributed by atoms with Crippen molar-refractivity contribution in [2.75, 3.05) is 38.0 Å². The van der Waals surface area contributed by atoms with Gasteiger partial charge in [0.25, 0.3) is 0 Å². The van der Waals surface area contributed by atoms with Crippen molar-refractivity contribution < 1.29 is 19.5 Å². The van der Waals surface area contributed by atoms with Crippen molar-refractivity contribution in [2.24, 2.45) is 0 Å². The Kier molecular flexibility index (Phi) is 9.41.